The Labute approximate surface area is 161 Å². The second kappa shape index (κ2) is 10.3. The van der Waals surface area contributed by atoms with Gasteiger partial charge in [-0.3, -0.25) is 29.0 Å². The van der Waals surface area contributed by atoms with Gasteiger partial charge in [0.2, 0.25) is 0 Å². The van der Waals surface area contributed by atoms with Gasteiger partial charge in [-0.05, 0) is 12.8 Å². The van der Waals surface area contributed by atoms with Crippen molar-refractivity contribution in [2.75, 3.05) is 32.7 Å². The van der Waals surface area contributed by atoms with Crippen molar-refractivity contribution >= 4 is 23.9 Å². The van der Waals surface area contributed by atoms with Crippen molar-refractivity contribution in [3.63, 3.8) is 0 Å². The molecule has 0 aromatic carbocycles. The standard InChI is InChI=1S/C16H28N4O8/c17-10-3-1-2-4-16(10,18)11(20(8-14(25)26)9-15(27)28)5-19(6-12(21)22)7-13(23)24/h10-11H,1-9,17-18H2,(H,21,22)(H,23,24)(H,25,26)(H,27,28)/t10-,11?,16+/m1/s1. The van der Waals surface area contributed by atoms with E-state index in [4.69, 9.17) is 21.7 Å². The number of nitrogens with zero attached hydrogens (tertiary/aromatic N) is 2. The second-order valence-corrected chi connectivity index (χ2v) is 7.13. The van der Waals surface area contributed by atoms with Crippen LogP contribution in [0.4, 0.5) is 0 Å². The molecule has 1 aliphatic carbocycles. The largest absolute Gasteiger partial charge is 0.480 e. The summed E-state index contributed by atoms with van der Waals surface area (Å²) in [6.45, 7) is -2.80. The maximum absolute atomic E-state index is 11.3. The maximum atomic E-state index is 11.3. The van der Waals surface area contributed by atoms with Crippen molar-refractivity contribution in [1.29, 1.82) is 0 Å². The normalized spacial score (nSPS) is 23.5. The molecule has 12 nitrogen and oxygen atoms in total. The second-order valence-electron chi connectivity index (χ2n) is 7.13. The van der Waals surface area contributed by atoms with Gasteiger partial charge in [0.1, 0.15) is 0 Å². The molecule has 0 heterocycles. The average molecular weight is 404 g/mol. The summed E-state index contributed by atoms with van der Waals surface area (Å²) in [4.78, 5) is 47.0. The Morgan fingerprint density at radius 3 is 1.75 bits per heavy atom. The molecular weight excluding hydrogens is 376 g/mol. The lowest BCUT2D eigenvalue weighted by molar-refractivity contribution is -0.147. The SMILES string of the molecule is N[C@@H]1CCCC[C@@]1(N)C(CN(CC(=O)O)CC(=O)O)N(CC(=O)O)CC(=O)O. The van der Waals surface area contributed by atoms with Gasteiger partial charge >= 0.3 is 23.9 Å². The van der Waals surface area contributed by atoms with Crippen LogP contribution in [0.1, 0.15) is 25.7 Å². The van der Waals surface area contributed by atoms with Crippen LogP contribution >= 0.6 is 0 Å². The molecule has 1 aliphatic rings. The summed E-state index contributed by atoms with van der Waals surface area (Å²) >= 11 is 0. The molecule has 1 fully saturated rings. The number of hydrogen-bond donors (Lipinski definition) is 6. The Hall–Kier alpha value is -2.28. The molecular formula is C16H28N4O8. The zero-order valence-corrected chi connectivity index (χ0v) is 15.5. The third-order valence-electron chi connectivity index (χ3n) is 4.95. The predicted molar refractivity (Wildman–Crippen MR) is 95.7 cm³/mol. The summed E-state index contributed by atoms with van der Waals surface area (Å²) in [7, 11) is 0. The third-order valence-corrected chi connectivity index (χ3v) is 4.95. The van der Waals surface area contributed by atoms with Gasteiger partial charge in [0.25, 0.3) is 0 Å². The first kappa shape index (κ1) is 23.8. The van der Waals surface area contributed by atoms with E-state index in [0.717, 1.165) is 16.2 Å². The Morgan fingerprint density at radius 2 is 1.36 bits per heavy atom. The average Bonchev–Trinajstić information content (AvgIpc) is 2.52. The highest BCUT2D eigenvalue weighted by Crippen LogP contribution is 2.31. The van der Waals surface area contributed by atoms with E-state index in [0.29, 0.717) is 19.3 Å². The van der Waals surface area contributed by atoms with Crippen LogP contribution < -0.4 is 11.5 Å². The minimum Gasteiger partial charge on any atom is -0.480 e. The Morgan fingerprint density at radius 1 is 0.893 bits per heavy atom. The van der Waals surface area contributed by atoms with Crippen molar-refractivity contribution in [2.24, 2.45) is 11.5 Å². The quantitative estimate of drug-likeness (QED) is 0.207. The molecule has 0 aromatic rings. The molecule has 8 N–H and O–H groups in total. The Balaban J connectivity index is 3.29. The number of aliphatic carboxylic acids is 4. The summed E-state index contributed by atoms with van der Waals surface area (Å²) in [5.74, 6) is -5.13. The molecule has 12 heteroatoms. The molecule has 1 saturated carbocycles. The van der Waals surface area contributed by atoms with E-state index >= 15 is 0 Å². The van der Waals surface area contributed by atoms with E-state index in [1.165, 1.54) is 0 Å². The summed E-state index contributed by atoms with van der Waals surface area (Å²) in [5, 5.41) is 36.6. The number of carbonyl (C=O) groups is 4. The molecule has 0 bridgehead atoms. The number of nitrogens with two attached hydrogens (primary N) is 2. The topological polar surface area (TPSA) is 208 Å². The number of rotatable bonds is 12. The zero-order chi connectivity index (χ0) is 21.5. The fraction of sp³-hybridized carbons (Fsp3) is 0.750. The number of carboxylic acids is 4. The summed E-state index contributed by atoms with van der Waals surface area (Å²) < 4.78 is 0. The van der Waals surface area contributed by atoms with Crippen molar-refractivity contribution in [1.82, 2.24) is 9.80 Å². The summed E-state index contributed by atoms with van der Waals surface area (Å²) in [5.41, 5.74) is 11.5. The van der Waals surface area contributed by atoms with Crippen LogP contribution in [-0.4, -0.2) is 104 Å². The van der Waals surface area contributed by atoms with E-state index < -0.39 is 67.7 Å². The summed E-state index contributed by atoms with van der Waals surface area (Å²) in [6.07, 6.45) is 2.41. The van der Waals surface area contributed by atoms with Gasteiger partial charge in [0, 0.05) is 24.2 Å². The molecule has 0 amide bonds. The van der Waals surface area contributed by atoms with Gasteiger partial charge in [0.15, 0.2) is 0 Å². The first-order chi connectivity index (χ1) is 13.0. The fourth-order valence-corrected chi connectivity index (χ4v) is 3.72. The van der Waals surface area contributed by atoms with E-state index in [1.54, 1.807) is 0 Å². The van der Waals surface area contributed by atoms with Crippen LogP contribution in [0.2, 0.25) is 0 Å². The smallest absolute Gasteiger partial charge is 0.317 e. The van der Waals surface area contributed by atoms with Crippen molar-refractivity contribution in [3.8, 4) is 0 Å². The number of hydrogen-bond acceptors (Lipinski definition) is 8. The molecule has 0 radical (unpaired) electrons. The predicted octanol–water partition coefficient (Wildman–Crippen LogP) is -2.10. The fourth-order valence-electron chi connectivity index (χ4n) is 3.72. The van der Waals surface area contributed by atoms with E-state index in [2.05, 4.69) is 0 Å². The monoisotopic (exact) mass is 404 g/mol. The molecule has 28 heavy (non-hydrogen) atoms. The van der Waals surface area contributed by atoms with Crippen molar-refractivity contribution < 1.29 is 39.6 Å². The number of carboxylic acid groups (broad SMARTS) is 4. The molecule has 160 valence electrons. The molecule has 1 rings (SSSR count). The Kier molecular flexibility index (Phi) is 8.75. The molecule has 0 saturated heterocycles. The van der Waals surface area contributed by atoms with Crippen LogP contribution in [0.15, 0.2) is 0 Å². The lowest BCUT2D eigenvalue weighted by Crippen LogP contribution is -2.71. The molecule has 0 aromatic heterocycles. The van der Waals surface area contributed by atoms with Gasteiger partial charge in [-0.15, -0.1) is 0 Å². The van der Waals surface area contributed by atoms with Gasteiger partial charge < -0.3 is 31.9 Å². The van der Waals surface area contributed by atoms with Crippen LogP contribution in [-0.2, 0) is 19.2 Å². The van der Waals surface area contributed by atoms with Crippen LogP contribution in [0.3, 0.4) is 0 Å². The minimum atomic E-state index is -1.29. The lowest BCUT2D eigenvalue weighted by Gasteiger charge is -2.49. The van der Waals surface area contributed by atoms with E-state index in [1.807, 2.05) is 0 Å². The highest BCUT2D eigenvalue weighted by molar-refractivity contribution is 5.73. The maximum Gasteiger partial charge on any atom is 0.317 e. The van der Waals surface area contributed by atoms with E-state index in [9.17, 15) is 29.4 Å². The minimum absolute atomic E-state index is 0.247. The third kappa shape index (κ3) is 7.03. The first-order valence-corrected chi connectivity index (χ1v) is 8.83. The van der Waals surface area contributed by atoms with Crippen molar-refractivity contribution in [2.45, 2.75) is 43.3 Å². The molecule has 3 atom stereocenters. The first-order valence-electron chi connectivity index (χ1n) is 8.83. The van der Waals surface area contributed by atoms with Gasteiger partial charge in [-0.25, -0.2) is 0 Å². The molecule has 0 aliphatic heterocycles. The zero-order valence-electron chi connectivity index (χ0n) is 15.5. The lowest BCUT2D eigenvalue weighted by atomic mass is 9.72. The van der Waals surface area contributed by atoms with E-state index in [-0.39, 0.29) is 6.54 Å². The van der Waals surface area contributed by atoms with Gasteiger partial charge in [-0.1, -0.05) is 12.8 Å². The van der Waals surface area contributed by atoms with Crippen LogP contribution in [0, 0.1) is 0 Å². The summed E-state index contributed by atoms with van der Waals surface area (Å²) in [6, 6.07) is -1.54. The highest BCUT2D eigenvalue weighted by Gasteiger charge is 2.46. The molecule has 0 spiro atoms. The highest BCUT2D eigenvalue weighted by atomic mass is 16.4. The van der Waals surface area contributed by atoms with Gasteiger partial charge in [0.05, 0.1) is 26.2 Å². The van der Waals surface area contributed by atoms with Gasteiger partial charge in [-0.2, -0.15) is 0 Å². The van der Waals surface area contributed by atoms with Crippen LogP contribution in [0.5, 0.6) is 0 Å². The molecule has 1 unspecified atom stereocenters. The van der Waals surface area contributed by atoms with Crippen molar-refractivity contribution in [3.05, 3.63) is 0 Å². The Bertz CT molecular complexity index is 569. The van der Waals surface area contributed by atoms with Crippen LogP contribution in [0.25, 0.3) is 0 Å².